The van der Waals surface area contributed by atoms with Gasteiger partial charge in [-0.25, -0.2) is 0 Å². The van der Waals surface area contributed by atoms with Crippen molar-refractivity contribution >= 4 is 0 Å². The van der Waals surface area contributed by atoms with E-state index in [1.807, 2.05) is 0 Å². The van der Waals surface area contributed by atoms with Crippen LogP contribution in [0, 0.1) is 5.92 Å². The number of hydrogen-bond acceptors (Lipinski definition) is 4. The van der Waals surface area contributed by atoms with E-state index >= 15 is 0 Å². The second-order valence-electron chi connectivity index (χ2n) is 5.94. The molecule has 0 fully saturated rings. The maximum Gasteiger partial charge on any atom is 0.0897 e. The number of aliphatic hydroxyl groups excluding tert-OH is 2. The Kier molecular flexibility index (Phi) is 16.1. The highest BCUT2D eigenvalue weighted by Gasteiger charge is 2.07. The lowest BCUT2D eigenvalue weighted by Gasteiger charge is -2.17. The van der Waals surface area contributed by atoms with Crippen molar-refractivity contribution in [2.45, 2.75) is 71.3 Å². The molecule has 0 aromatic heterocycles. The molecule has 0 aliphatic heterocycles. The van der Waals surface area contributed by atoms with Crippen LogP contribution in [0.15, 0.2) is 0 Å². The van der Waals surface area contributed by atoms with E-state index in [0.29, 0.717) is 19.1 Å². The summed E-state index contributed by atoms with van der Waals surface area (Å²) in [6.45, 7) is 7.19. The molecule has 4 heteroatoms. The molecule has 0 spiro atoms. The number of aliphatic hydroxyl groups is 2. The molecule has 0 saturated carbocycles. The van der Waals surface area contributed by atoms with Crippen molar-refractivity contribution in [2.24, 2.45) is 5.92 Å². The van der Waals surface area contributed by atoms with Crippen molar-refractivity contribution in [3.05, 3.63) is 0 Å². The molecule has 0 heterocycles. The van der Waals surface area contributed by atoms with E-state index < -0.39 is 6.10 Å². The molecule has 128 valence electrons. The van der Waals surface area contributed by atoms with Gasteiger partial charge in [0.05, 0.1) is 12.7 Å². The predicted molar refractivity (Wildman–Crippen MR) is 88.6 cm³/mol. The van der Waals surface area contributed by atoms with Crippen molar-refractivity contribution in [1.29, 1.82) is 0 Å². The SMILES string of the molecule is CCCCCCCCOCC(O)CNCC(CC)CCO. The summed E-state index contributed by atoms with van der Waals surface area (Å²) in [6.07, 6.45) is 9.02. The molecule has 4 nitrogen and oxygen atoms in total. The summed E-state index contributed by atoms with van der Waals surface area (Å²) in [5.41, 5.74) is 0. The van der Waals surface area contributed by atoms with Crippen molar-refractivity contribution in [3.8, 4) is 0 Å². The van der Waals surface area contributed by atoms with Crippen molar-refractivity contribution in [2.75, 3.05) is 32.9 Å². The minimum absolute atomic E-state index is 0.240. The Hall–Kier alpha value is -0.160. The molecular formula is C17H37NO3. The smallest absolute Gasteiger partial charge is 0.0897 e. The Morgan fingerprint density at radius 2 is 1.71 bits per heavy atom. The number of ether oxygens (including phenoxy) is 1. The lowest BCUT2D eigenvalue weighted by Crippen LogP contribution is -2.33. The third kappa shape index (κ3) is 14.5. The van der Waals surface area contributed by atoms with Crippen LogP contribution in [-0.2, 0) is 4.74 Å². The summed E-state index contributed by atoms with van der Waals surface area (Å²) < 4.78 is 5.50. The molecule has 0 rings (SSSR count). The summed E-state index contributed by atoms with van der Waals surface area (Å²) in [5, 5.41) is 22.0. The fourth-order valence-corrected chi connectivity index (χ4v) is 2.35. The summed E-state index contributed by atoms with van der Waals surface area (Å²) in [6, 6.07) is 0. The van der Waals surface area contributed by atoms with Crippen LogP contribution in [0.3, 0.4) is 0 Å². The minimum atomic E-state index is -0.434. The van der Waals surface area contributed by atoms with Crippen LogP contribution in [0.25, 0.3) is 0 Å². The number of rotatable bonds is 16. The summed E-state index contributed by atoms with van der Waals surface area (Å²) in [5.74, 6) is 0.492. The first-order chi connectivity index (χ1) is 10.2. The molecule has 2 atom stereocenters. The Morgan fingerprint density at radius 1 is 1.00 bits per heavy atom. The maximum absolute atomic E-state index is 9.80. The number of nitrogens with one attached hydrogen (secondary N) is 1. The van der Waals surface area contributed by atoms with E-state index in [-0.39, 0.29) is 6.61 Å². The lowest BCUT2D eigenvalue weighted by molar-refractivity contribution is 0.0349. The molecule has 0 aliphatic rings. The van der Waals surface area contributed by atoms with Gasteiger partial charge in [-0.15, -0.1) is 0 Å². The van der Waals surface area contributed by atoms with Gasteiger partial charge in [-0.3, -0.25) is 0 Å². The van der Waals surface area contributed by atoms with Gasteiger partial charge in [0.25, 0.3) is 0 Å². The zero-order valence-electron chi connectivity index (χ0n) is 14.1. The molecule has 0 aromatic carbocycles. The largest absolute Gasteiger partial charge is 0.396 e. The highest BCUT2D eigenvalue weighted by molar-refractivity contribution is 4.64. The highest BCUT2D eigenvalue weighted by atomic mass is 16.5. The molecule has 0 aromatic rings. The van der Waals surface area contributed by atoms with E-state index in [1.165, 1.54) is 32.1 Å². The first-order valence-corrected chi connectivity index (χ1v) is 8.81. The van der Waals surface area contributed by atoms with Gasteiger partial charge in [0.15, 0.2) is 0 Å². The molecule has 0 bridgehead atoms. The molecule has 0 saturated heterocycles. The lowest BCUT2D eigenvalue weighted by atomic mass is 10.0. The maximum atomic E-state index is 9.80. The van der Waals surface area contributed by atoms with Crippen LogP contribution >= 0.6 is 0 Å². The molecule has 21 heavy (non-hydrogen) atoms. The Balaban J connectivity index is 3.32. The zero-order chi connectivity index (χ0) is 15.8. The third-order valence-electron chi connectivity index (χ3n) is 3.88. The Morgan fingerprint density at radius 3 is 2.38 bits per heavy atom. The molecule has 3 N–H and O–H groups in total. The molecular weight excluding hydrogens is 266 g/mol. The van der Waals surface area contributed by atoms with E-state index in [1.54, 1.807) is 0 Å². The fourth-order valence-electron chi connectivity index (χ4n) is 2.35. The van der Waals surface area contributed by atoms with E-state index in [2.05, 4.69) is 19.2 Å². The molecule has 0 amide bonds. The fraction of sp³-hybridized carbons (Fsp3) is 1.00. The van der Waals surface area contributed by atoms with Crippen LogP contribution in [0.2, 0.25) is 0 Å². The van der Waals surface area contributed by atoms with Crippen LogP contribution in [0.1, 0.15) is 65.2 Å². The van der Waals surface area contributed by atoms with Crippen LogP contribution in [0.4, 0.5) is 0 Å². The van der Waals surface area contributed by atoms with Gasteiger partial charge in [-0.2, -0.15) is 0 Å². The first-order valence-electron chi connectivity index (χ1n) is 8.81. The Labute approximate surface area is 131 Å². The summed E-state index contributed by atoms with van der Waals surface area (Å²) in [4.78, 5) is 0. The molecule has 0 radical (unpaired) electrons. The monoisotopic (exact) mass is 303 g/mol. The third-order valence-corrected chi connectivity index (χ3v) is 3.88. The highest BCUT2D eigenvalue weighted by Crippen LogP contribution is 2.06. The Bertz CT molecular complexity index is 202. The zero-order valence-corrected chi connectivity index (χ0v) is 14.1. The van der Waals surface area contributed by atoms with Gasteiger partial charge >= 0.3 is 0 Å². The number of hydrogen-bond donors (Lipinski definition) is 3. The van der Waals surface area contributed by atoms with Crippen molar-refractivity contribution in [3.63, 3.8) is 0 Å². The molecule has 2 unspecified atom stereocenters. The van der Waals surface area contributed by atoms with E-state index in [9.17, 15) is 5.11 Å². The van der Waals surface area contributed by atoms with Gasteiger partial charge in [0.2, 0.25) is 0 Å². The minimum Gasteiger partial charge on any atom is -0.396 e. The predicted octanol–water partition coefficient (Wildman–Crippen LogP) is 2.72. The van der Waals surface area contributed by atoms with Gasteiger partial charge in [0.1, 0.15) is 0 Å². The van der Waals surface area contributed by atoms with Crippen molar-refractivity contribution in [1.82, 2.24) is 5.32 Å². The van der Waals surface area contributed by atoms with Gasteiger partial charge in [-0.05, 0) is 25.3 Å². The summed E-state index contributed by atoms with van der Waals surface area (Å²) in [7, 11) is 0. The van der Waals surface area contributed by atoms with Crippen LogP contribution in [-0.4, -0.2) is 49.2 Å². The first kappa shape index (κ1) is 20.8. The van der Waals surface area contributed by atoms with Gasteiger partial charge in [0, 0.05) is 19.8 Å². The van der Waals surface area contributed by atoms with Crippen LogP contribution < -0.4 is 5.32 Å². The van der Waals surface area contributed by atoms with Crippen LogP contribution in [0.5, 0.6) is 0 Å². The second kappa shape index (κ2) is 16.2. The number of unbranched alkanes of at least 4 members (excludes halogenated alkanes) is 5. The van der Waals surface area contributed by atoms with E-state index in [4.69, 9.17) is 9.84 Å². The van der Waals surface area contributed by atoms with Gasteiger partial charge < -0.3 is 20.3 Å². The second-order valence-corrected chi connectivity index (χ2v) is 5.94. The molecule has 0 aliphatic carbocycles. The topological polar surface area (TPSA) is 61.7 Å². The summed E-state index contributed by atoms with van der Waals surface area (Å²) >= 11 is 0. The average Bonchev–Trinajstić information content (AvgIpc) is 2.49. The van der Waals surface area contributed by atoms with E-state index in [0.717, 1.165) is 32.4 Å². The standard InChI is InChI=1S/C17H37NO3/c1-3-5-6-7-8-9-12-21-15-17(20)14-18-13-16(4-2)10-11-19/h16-20H,3-15H2,1-2H3. The van der Waals surface area contributed by atoms with Gasteiger partial charge in [-0.1, -0.05) is 52.4 Å². The normalized spacial score (nSPS) is 14.3. The van der Waals surface area contributed by atoms with Crippen molar-refractivity contribution < 1.29 is 14.9 Å². The average molecular weight is 303 g/mol. The quantitative estimate of drug-likeness (QED) is 0.384.